The van der Waals surface area contributed by atoms with Gasteiger partial charge in [-0.15, -0.1) is 0 Å². The van der Waals surface area contributed by atoms with Crippen LogP contribution in [0.4, 0.5) is 4.79 Å². The molecule has 1 unspecified atom stereocenters. The molecule has 0 aliphatic carbocycles. The van der Waals surface area contributed by atoms with Gasteiger partial charge >= 0.3 is 6.09 Å². The van der Waals surface area contributed by atoms with Crippen molar-refractivity contribution in [3.8, 4) is 0 Å². The van der Waals surface area contributed by atoms with E-state index in [4.69, 9.17) is 14.2 Å². The predicted molar refractivity (Wildman–Crippen MR) is 236 cm³/mol. The Bertz CT molecular complexity index is 783. The maximum Gasteiger partial charge on any atom is 0.407 e. The van der Waals surface area contributed by atoms with E-state index >= 15 is 0 Å². The van der Waals surface area contributed by atoms with Crippen molar-refractivity contribution in [1.29, 1.82) is 0 Å². The van der Waals surface area contributed by atoms with Gasteiger partial charge in [-0.3, -0.25) is 0 Å². The van der Waals surface area contributed by atoms with Crippen LogP contribution < -0.4 is 5.32 Å². The number of hydrogen-bond donors (Lipinski definition) is 1. The van der Waals surface area contributed by atoms with Crippen molar-refractivity contribution < 1.29 is 19.0 Å². The SMILES string of the molecule is CCCCCCCC/C=C\CCCCCCCCOCC(COC(=O)NCCN(CCC)CCC)OCCCCCCCC/C=C\CCCCCCCC. The van der Waals surface area contributed by atoms with Gasteiger partial charge in [-0.25, -0.2) is 4.79 Å². The van der Waals surface area contributed by atoms with Gasteiger partial charge in [-0.2, -0.15) is 0 Å². The number of nitrogens with zero attached hydrogens (tertiary/aromatic N) is 1. The van der Waals surface area contributed by atoms with Gasteiger partial charge in [0.1, 0.15) is 12.7 Å². The number of allylic oxidation sites excluding steroid dienone is 4. The Kier molecular flexibility index (Phi) is 44.8. The minimum atomic E-state index is -0.359. The van der Waals surface area contributed by atoms with Crippen molar-refractivity contribution in [2.24, 2.45) is 0 Å². The summed E-state index contributed by atoms with van der Waals surface area (Å²) in [6.45, 7) is 14.7. The van der Waals surface area contributed by atoms with Crippen LogP contribution in [0.25, 0.3) is 0 Å². The molecule has 0 saturated heterocycles. The topological polar surface area (TPSA) is 60.0 Å². The summed E-state index contributed by atoms with van der Waals surface area (Å²) in [5, 5.41) is 2.93. The highest BCUT2D eigenvalue weighted by molar-refractivity contribution is 5.67. The van der Waals surface area contributed by atoms with Gasteiger partial charge in [0.15, 0.2) is 0 Å². The molecule has 0 fully saturated rings. The Labute approximate surface area is 337 Å². The number of nitrogens with one attached hydrogen (secondary N) is 1. The normalized spacial score (nSPS) is 12.5. The summed E-state index contributed by atoms with van der Waals surface area (Å²) in [5.74, 6) is 0. The minimum Gasteiger partial charge on any atom is -0.447 e. The zero-order valence-electron chi connectivity index (χ0n) is 36.8. The van der Waals surface area contributed by atoms with Crippen LogP contribution in [-0.4, -0.2) is 69.7 Å². The molecule has 0 aliphatic rings. The van der Waals surface area contributed by atoms with Crippen molar-refractivity contribution in [3.05, 3.63) is 24.3 Å². The smallest absolute Gasteiger partial charge is 0.407 e. The van der Waals surface area contributed by atoms with Crippen molar-refractivity contribution >= 4 is 6.09 Å². The van der Waals surface area contributed by atoms with Gasteiger partial charge in [-0.05, 0) is 90.1 Å². The number of amides is 1. The fourth-order valence-electron chi connectivity index (χ4n) is 6.91. The van der Waals surface area contributed by atoms with E-state index in [1.54, 1.807) is 0 Å². The van der Waals surface area contributed by atoms with Crippen LogP contribution in [0.3, 0.4) is 0 Å². The fraction of sp³-hybridized carbons (Fsp3) is 0.896. The molecule has 320 valence electrons. The lowest BCUT2D eigenvalue weighted by molar-refractivity contribution is -0.0468. The Morgan fingerprint density at radius 1 is 0.481 bits per heavy atom. The third kappa shape index (κ3) is 41.8. The molecule has 54 heavy (non-hydrogen) atoms. The van der Waals surface area contributed by atoms with Crippen molar-refractivity contribution in [3.63, 3.8) is 0 Å². The van der Waals surface area contributed by atoms with E-state index in [0.29, 0.717) is 19.8 Å². The van der Waals surface area contributed by atoms with E-state index in [2.05, 4.69) is 62.2 Å². The lowest BCUT2D eigenvalue weighted by Crippen LogP contribution is -2.37. The van der Waals surface area contributed by atoms with Gasteiger partial charge in [0, 0.05) is 26.3 Å². The molecule has 0 spiro atoms. The molecular formula is C48H94N2O4. The van der Waals surface area contributed by atoms with E-state index < -0.39 is 0 Å². The first kappa shape index (κ1) is 52.6. The van der Waals surface area contributed by atoms with Crippen LogP contribution in [0.1, 0.15) is 220 Å². The monoisotopic (exact) mass is 763 g/mol. The zero-order chi connectivity index (χ0) is 39.3. The third-order valence-electron chi connectivity index (χ3n) is 10.3. The second kappa shape index (κ2) is 46.0. The maximum absolute atomic E-state index is 12.5. The molecule has 1 N–H and O–H groups in total. The number of hydrogen-bond acceptors (Lipinski definition) is 5. The Balaban J connectivity index is 4.15. The molecule has 1 atom stereocenters. The van der Waals surface area contributed by atoms with E-state index in [1.807, 2.05) is 0 Å². The average molecular weight is 763 g/mol. The van der Waals surface area contributed by atoms with Crippen LogP contribution in [0.2, 0.25) is 0 Å². The van der Waals surface area contributed by atoms with Gasteiger partial charge in [0.05, 0.1) is 6.61 Å². The van der Waals surface area contributed by atoms with Crippen molar-refractivity contribution in [2.45, 2.75) is 226 Å². The molecule has 0 radical (unpaired) electrons. The van der Waals surface area contributed by atoms with Crippen molar-refractivity contribution in [2.75, 3.05) is 52.6 Å². The Hall–Kier alpha value is -1.37. The molecule has 0 rings (SSSR count). The standard InChI is InChI=1S/C48H94N2O4/c1-5-9-11-13-15-17-19-21-23-25-27-29-31-33-35-37-43-52-45-47(46-54-48(51)49-39-42-50(40-7-3)41-8-4)53-44-38-36-34-32-30-28-26-24-22-20-18-16-14-12-10-6-2/h21-24,47H,5-20,25-46H2,1-4H3,(H,49,51)/b23-21-,24-22-. The molecule has 0 aliphatic heterocycles. The minimum absolute atomic E-state index is 0.218. The number of unbranched alkanes of at least 4 members (excludes halogenated alkanes) is 24. The number of carbonyl (C=O) groups is 1. The van der Waals surface area contributed by atoms with Gasteiger partial charge in [0.25, 0.3) is 0 Å². The summed E-state index contributed by atoms with van der Waals surface area (Å²) in [5.41, 5.74) is 0. The molecule has 6 nitrogen and oxygen atoms in total. The number of carbonyl (C=O) groups excluding carboxylic acids is 1. The van der Waals surface area contributed by atoms with Gasteiger partial charge in [-0.1, -0.05) is 168 Å². The molecule has 0 aromatic carbocycles. The second-order valence-electron chi connectivity index (χ2n) is 15.8. The van der Waals surface area contributed by atoms with Crippen molar-refractivity contribution in [1.82, 2.24) is 10.2 Å². The summed E-state index contributed by atoms with van der Waals surface area (Å²) in [4.78, 5) is 14.9. The highest BCUT2D eigenvalue weighted by atomic mass is 16.6. The largest absolute Gasteiger partial charge is 0.447 e. The number of alkyl carbamates (subject to hydrolysis) is 1. The maximum atomic E-state index is 12.5. The summed E-state index contributed by atoms with van der Waals surface area (Å²) >= 11 is 0. The fourth-order valence-corrected chi connectivity index (χ4v) is 6.91. The number of rotatable bonds is 44. The summed E-state index contributed by atoms with van der Waals surface area (Å²) in [7, 11) is 0. The highest BCUT2D eigenvalue weighted by Crippen LogP contribution is 2.12. The molecule has 6 heteroatoms. The highest BCUT2D eigenvalue weighted by Gasteiger charge is 2.14. The van der Waals surface area contributed by atoms with Gasteiger partial charge < -0.3 is 24.4 Å². The van der Waals surface area contributed by atoms with Crippen LogP contribution in [-0.2, 0) is 14.2 Å². The molecule has 0 heterocycles. The lowest BCUT2D eigenvalue weighted by atomic mass is 10.1. The molecule has 0 bridgehead atoms. The number of ether oxygens (including phenoxy) is 3. The van der Waals surface area contributed by atoms with E-state index in [-0.39, 0.29) is 18.8 Å². The molecule has 0 aromatic rings. The van der Waals surface area contributed by atoms with E-state index in [9.17, 15) is 4.79 Å². The van der Waals surface area contributed by atoms with Crippen LogP contribution in [0.5, 0.6) is 0 Å². The summed E-state index contributed by atoms with van der Waals surface area (Å²) in [6, 6.07) is 0. The molecule has 1 amide bonds. The first-order valence-electron chi connectivity index (χ1n) is 23.8. The van der Waals surface area contributed by atoms with Crippen LogP contribution in [0.15, 0.2) is 24.3 Å². The van der Waals surface area contributed by atoms with E-state index in [0.717, 1.165) is 51.9 Å². The van der Waals surface area contributed by atoms with E-state index in [1.165, 1.54) is 167 Å². The second-order valence-corrected chi connectivity index (χ2v) is 15.8. The summed E-state index contributed by atoms with van der Waals surface area (Å²) < 4.78 is 17.8. The quantitative estimate of drug-likeness (QED) is 0.0495. The van der Waals surface area contributed by atoms with Crippen LogP contribution in [0, 0.1) is 0 Å². The molecule has 0 aromatic heterocycles. The average Bonchev–Trinajstić information content (AvgIpc) is 3.17. The lowest BCUT2D eigenvalue weighted by Gasteiger charge is -2.21. The summed E-state index contributed by atoms with van der Waals surface area (Å²) in [6.07, 6.45) is 47.7. The Morgan fingerprint density at radius 2 is 0.889 bits per heavy atom. The predicted octanol–water partition coefficient (Wildman–Crippen LogP) is 14.3. The third-order valence-corrected chi connectivity index (χ3v) is 10.3. The molecular weight excluding hydrogens is 669 g/mol. The molecule has 0 saturated carbocycles. The van der Waals surface area contributed by atoms with Gasteiger partial charge in [0.2, 0.25) is 0 Å². The van der Waals surface area contributed by atoms with Crippen LogP contribution >= 0.6 is 0 Å². The zero-order valence-corrected chi connectivity index (χ0v) is 36.8. The first-order chi connectivity index (χ1) is 26.7. The Morgan fingerprint density at radius 3 is 1.33 bits per heavy atom. The first-order valence-corrected chi connectivity index (χ1v) is 23.8.